The predicted molar refractivity (Wildman–Crippen MR) is 78.9 cm³/mol. The Balaban J connectivity index is 1.64. The molecule has 3 rings (SSSR count). The third-order valence-corrected chi connectivity index (χ3v) is 3.46. The Labute approximate surface area is 121 Å². The van der Waals surface area contributed by atoms with Crippen LogP contribution in [0.4, 0.5) is 10.7 Å². The number of nitrogens with one attached hydrogen (secondary N) is 4. The molecule has 3 amide bonds. The largest absolute Gasteiger partial charge is 0.354 e. The van der Waals surface area contributed by atoms with Gasteiger partial charge in [-0.25, -0.2) is 9.78 Å². The number of carbonyl (C=O) groups excluding carboxylic acids is 2. The van der Waals surface area contributed by atoms with Crippen molar-refractivity contribution < 1.29 is 9.59 Å². The second-order valence-corrected chi connectivity index (χ2v) is 5.04. The van der Waals surface area contributed by atoms with Crippen LogP contribution in [0.5, 0.6) is 0 Å². The maximum absolute atomic E-state index is 12.0. The van der Waals surface area contributed by atoms with E-state index in [0.717, 1.165) is 23.9 Å². The first-order valence-corrected chi connectivity index (χ1v) is 7.02. The molecule has 1 saturated heterocycles. The minimum atomic E-state index is -0.489. The van der Waals surface area contributed by atoms with E-state index in [2.05, 4.69) is 25.9 Å². The number of benzene rings is 1. The number of fused-ring (bicyclic) bond motifs is 1. The smallest absolute Gasteiger partial charge is 0.322 e. The fourth-order valence-corrected chi connectivity index (χ4v) is 2.39. The molecule has 2 heterocycles. The standard InChI is InChI=1S/C14H17N5O2/c20-12-11(7-3-4-8-15-12)18-14(21)19-13-16-9-5-1-2-6-10(9)17-13/h1-2,5-6,11H,3-4,7-8H2,(H,15,20)(H3,16,17,18,19,21)/t11-/m0/s1. The van der Waals surface area contributed by atoms with Gasteiger partial charge in [-0.05, 0) is 31.4 Å². The topological polar surface area (TPSA) is 98.9 Å². The third kappa shape index (κ3) is 3.13. The normalized spacial score (nSPS) is 18.9. The van der Waals surface area contributed by atoms with Crippen LogP contribution in [0.2, 0.25) is 0 Å². The molecule has 4 N–H and O–H groups in total. The molecule has 1 aromatic heterocycles. The van der Waals surface area contributed by atoms with Crippen LogP contribution in [-0.4, -0.2) is 34.5 Å². The highest BCUT2D eigenvalue weighted by Gasteiger charge is 2.22. The van der Waals surface area contributed by atoms with E-state index in [9.17, 15) is 9.59 Å². The van der Waals surface area contributed by atoms with Gasteiger partial charge in [-0.2, -0.15) is 0 Å². The predicted octanol–water partition coefficient (Wildman–Crippen LogP) is 1.35. The molecular formula is C14H17N5O2. The number of aromatic amines is 1. The van der Waals surface area contributed by atoms with Crippen molar-refractivity contribution in [2.45, 2.75) is 25.3 Å². The quantitative estimate of drug-likeness (QED) is 0.671. The molecule has 7 nitrogen and oxygen atoms in total. The Morgan fingerprint density at radius 3 is 3.00 bits per heavy atom. The lowest BCUT2D eigenvalue weighted by molar-refractivity contribution is -0.122. The lowest BCUT2D eigenvalue weighted by Crippen LogP contribution is -2.47. The van der Waals surface area contributed by atoms with Crippen LogP contribution in [0, 0.1) is 0 Å². The molecule has 2 aromatic rings. The van der Waals surface area contributed by atoms with Crippen molar-refractivity contribution >= 4 is 28.9 Å². The Hall–Kier alpha value is -2.57. The van der Waals surface area contributed by atoms with Crippen LogP contribution >= 0.6 is 0 Å². The summed E-state index contributed by atoms with van der Waals surface area (Å²) in [6.45, 7) is 0.669. The highest BCUT2D eigenvalue weighted by atomic mass is 16.2. The Bertz CT molecular complexity index is 633. The summed E-state index contributed by atoms with van der Waals surface area (Å²) in [7, 11) is 0. The van der Waals surface area contributed by atoms with Crippen LogP contribution in [-0.2, 0) is 4.79 Å². The third-order valence-electron chi connectivity index (χ3n) is 3.46. The molecule has 0 bridgehead atoms. The first-order valence-electron chi connectivity index (χ1n) is 7.02. The number of anilines is 1. The molecule has 1 aliphatic rings. The van der Waals surface area contributed by atoms with Crippen molar-refractivity contribution in [3.05, 3.63) is 24.3 Å². The summed E-state index contributed by atoms with van der Waals surface area (Å²) in [5.74, 6) is 0.231. The molecule has 1 atom stereocenters. The molecule has 1 aromatic carbocycles. The summed E-state index contributed by atoms with van der Waals surface area (Å²) >= 11 is 0. The minimum absolute atomic E-state index is 0.132. The van der Waals surface area contributed by atoms with E-state index >= 15 is 0 Å². The maximum atomic E-state index is 12.0. The van der Waals surface area contributed by atoms with Crippen molar-refractivity contribution in [3.8, 4) is 0 Å². The number of rotatable bonds is 2. The molecule has 1 fully saturated rings. The van der Waals surface area contributed by atoms with E-state index < -0.39 is 12.1 Å². The molecule has 7 heteroatoms. The molecule has 0 aliphatic carbocycles. The first kappa shape index (κ1) is 13.4. The van der Waals surface area contributed by atoms with Crippen LogP contribution in [0.25, 0.3) is 11.0 Å². The van der Waals surface area contributed by atoms with Crippen LogP contribution in [0.15, 0.2) is 24.3 Å². The molecular weight excluding hydrogens is 270 g/mol. The van der Waals surface area contributed by atoms with Gasteiger partial charge in [0.15, 0.2) is 0 Å². The molecule has 21 heavy (non-hydrogen) atoms. The van der Waals surface area contributed by atoms with Crippen LogP contribution in [0.3, 0.4) is 0 Å². The van der Waals surface area contributed by atoms with Gasteiger partial charge in [-0.1, -0.05) is 12.1 Å². The van der Waals surface area contributed by atoms with Crippen LogP contribution < -0.4 is 16.0 Å². The Kier molecular flexibility index (Phi) is 3.72. The van der Waals surface area contributed by atoms with Crippen molar-refractivity contribution in [1.82, 2.24) is 20.6 Å². The van der Waals surface area contributed by atoms with Crippen molar-refractivity contribution in [2.75, 3.05) is 11.9 Å². The van der Waals surface area contributed by atoms with Gasteiger partial charge in [-0.15, -0.1) is 0 Å². The van der Waals surface area contributed by atoms with Gasteiger partial charge in [0.1, 0.15) is 6.04 Å². The molecule has 1 aliphatic heterocycles. The summed E-state index contributed by atoms with van der Waals surface area (Å²) in [6, 6.07) is 6.58. The Morgan fingerprint density at radius 1 is 1.29 bits per heavy atom. The number of amides is 3. The fraction of sp³-hybridized carbons (Fsp3) is 0.357. The second-order valence-electron chi connectivity index (χ2n) is 5.04. The number of nitrogens with zero attached hydrogens (tertiary/aromatic N) is 1. The van der Waals surface area contributed by atoms with Gasteiger partial charge in [0.25, 0.3) is 0 Å². The summed E-state index contributed by atoms with van der Waals surface area (Å²) in [4.78, 5) is 31.0. The zero-order valence-electron chi connectivity index (χ0n) is 11.5. The molecule has 0 saturated carbocycles. The number of para-hydroxylation sites is 2. The number of carbonyl (C=O) groups is 2. The van der Waals surface area contributed by atoms with Gasteiger partial charge in [0, 0.05) is 6.54 Å². The molecule has 0 radical (unpaired) electrons. The fourth-order valence-electron chi connectivity index (χ4n) is 2.39. The lowest BCUT2D eigenvalue weighted by Gasteiger charge is -2.14. The second kappa shape index (κ2) is 5.82. The monoisotopic (exact) mass is 287 g/mol. The van der Waals surface area contributed by atoms with Gasteiger partial charge in [-0.3, -0.25) is 10.1 Å². The summed E-state index contributed by atoms with van der Waals surface area (Å²) in [5, 5.41) is 8.08. The van der Waals surface area contributed by atoms with Crippen LogP contribution in [0.1, 0.15) is 19.3 Å². The molecule has 110 valence electrons. The number of hydrogen-bond donors (Lipinski definition) is 4. The SMILES string of the molecule is O=C(Nc1nc2ccccc2[nH]1)N[C@H]1CCCCNC1=O. The average Bonchev–Trinajstić information content (AvgIpc) is 2.76. The van der Waals surface area contributed by atoms with E-state index in [-0.39, 0.29) is 5.91 Å². The summed E-state index contributed by atoms with van der Waals surface area (Å²) in [6.07, 6.45) is 2.50. The molecule has 0 unspecified atom stereocenters. The van der Waals surface area contributed by atoms with Crippen molar-refractivity contribution in [1.29, 1.82) is 0 Å². The van der Waals surface area contributed by atoms with E-state index in [0.29, 0.717) is 18.9 Å². The number of aromatic nitrogens is 2. The number of urea groups is 1. The van der Waals surface area contributed by atoms with Crippen molar-refractivity contribution in [2.24, 2.45) is 0 Å². The van der Waals surface area contributed by atoms with Gasteiger partial charge >= 0.3 is 6.03 Å². The highest BCUT2D eigenvalue weighted by molar-refractivity contribution is 5.93. The van der Waals surface area contributed by atoms with E-state index in [1.165, 1.54) is 0 Å². The maximum Gasteiger partial charge on any atom is 0.322 e. The summed E-state index contributed by atoms with van der Waals surface area (Å²) < 4.78 is 0. The first-order chi connectivity index (χ1) is 10.2. The van der Waals surface area contributed by atoms with Gasteiger partial charge in [0.05, 0.1) is 11.0 Å². The Morgan fingerprint density at radius 2 is 2.14 bits per heavy atom. The van der Waals surface area contributed by atoms with E-state index in [1.807, 2.05) is 24.3 Å². The lowest BCUT2D eigenvalue weighted by atomic mass is 10.1. The number of hydrogen-bond acceptors (Lipinski definition) is 3. The average molecular weight is 287 g/mol. The zero-order chi connectivity index (χ0) is 14.7. The van der Waals surface area contributed by atoms with Crippen molar-refractivity contribution in [3.63, 3.8) is 0 Å². The molecule has 0 spiro atoms. The van der Waals surface area contributed by atoms with E-state index in [1.54, 1.807) is 0 Å². The van der Waals surface area contributed by atoms with E-state index in [4.69, 9.17) is 0 Å². The van der Waals surface area contributed by atoms with Gasteiger partial charge in [0.2, 0.25) is 11.9 Å². The highest BCUT2D eigenvalue weighted by Crippen LogP contribution is 2.13. The summed E-state index contributed by atoms with van der Waals surface area (Å²) in [5.41, 5.74) is 1.63. The number of H-pyrrole nitrogens is 1. The zero-order valence-corrected chi connectivity index (χ0v) is 11.5. The van der Waals surface area contributed by atoms with Gasteiger partial charge < -0.3 is 15.6 Å². The number of imidazole rings is 1. The minimum Gasteiger partial charge on any atom is -0.354 e.